The Bertz CT molecular complexity index is 617. The number of nitrogens with zero attached hydrogens (tertiary/aromatic N) is 2. The quantitative estimate of drug-likeness (QED) is 0.812. The van der Waals surface area contributed by atoms with Crippen LogP contribution in [-0.2, 0) is 9.59 Å². The van der Waals surface area contributed by atoms with E-state index in [1.807, 2.05) is 4.90 Å². The topological polar surface area (TPSA) is 78.1 Å². The number of carbonyl (C=O) groups excluding carboxylic acids is 2. The molecule has 1 aliphatic heterocycles. The molecule has 1 saturated carbocycles. The van der Waals surface area contributed by atoms with Crippen LogP contribution in [0.3, 0.4) is 0 Å². The second-order valence-corrected chi connectivity index (χ2v) is 7.80. The molecule has 1 aromatic rings. The fourth-order valence-corrected chi connectivity index (χ4v) is 4.44. The Hall–Kier alpha value is -1.85. The molecule has 2 amide bonds. The fourth-order valence-electron chi connectivity index (χ4n) is 4.44. The third kappa shape index (κ3) is 4.10. The van der Waals surface area contributed by atoms with E-state index in [4.69, 9.17) is 0 Å². The van der Waals surface area contributed by atoms with Crippen molar-refractivity contribution >= 4 is 17.5 Å². The summed E-state index contributed by atoms with van der Waals surface area (Å²) in [5, 5.41) is 10.3. The van der Waals surface area contributed by atoms with E-state index in [1.165, 1.54) is 0 Å². The van der Waals surface area contributed by atoms with Gasteiger partial charge in [-0.1, -0.05) is 26.7 Å². The van der Waals surface area contributed by atoms with Crippen LogP contribution in [0, 0.1) is 11.8 Å². The summed E-state index contributed by atoms with van der Waals surface area (Å²) in [6.07, 6.45) is 9.77. The highest BCUT2D eigenvalue weighted by molar-refractivity contribution is 5.93. The largest absolute Gasteiger partial charge is 0.342 e. The highest BCUT2D eigenvalue weighted by Gasteiger charge is 2.31. The molecule has 2 aliphatic rings. The summed E-state index contributed by atoms with van der Waals surface area (Å²) in [6.45, 7) is 5.71. The molecular weight excluding hydrogens is 328 g/mol. The van der Waals surface area contributed by atoms with Gasteiger partial charge in [0.1, 0.15) is 0 Å². The van der Waals surface area contributed by atoms with Gasteiger partial charge in [-0.3, -0.25) is 14.7 Å². The van der Waals surface area contributed by atoms with Crippen LogP contribution in [0.2, 0.25) is 0 Å². The number of nitrogens with one attached hydrogen (secondary N) is 2. The first-order chi connectivity index (χ1) is 12.6. The zero-order valence-electron chi connectivity index (χ0n) is 16.1. The van der Waals surface area contributed by atoms with E-state index >= 15 is 0 Å². The van der Waals surface area contributed by atoms with Crippen LogP contribution in [0.15, 0.2) is 6.20 Å². The van der Waals surface area contributed by atoms with Crippen LogP contribution < -0.4 is 5.32 Å². The van der Waals surface area contributed by atoms with Gasteiger partial charge in [0.15, 0.2) is 0 Å². The minimum Gasteiger partial charge on any atom is -0.342 e. The first-order valence-corrected chi connectivity index (χ1v) is 10.3. The van der Waals surface area contributed by atoms with Crippen molar-refractivity contribution in [3.63, 3.8) is 0 Å². The molecular formula is C20H32N4O2. The van der Waals surface area contributed by atoms with Crippen molar-refractivity contribution in [2.75, 3.05) is 18.4 Å². The van der Waals surface area contributed by atoms with Crippen molar-refractivity contribution in [3.8, 4) is 0 Å². The molecule has 6 nitrogen and oxygen atoms in total. The van der Waals surface area contributed by atoms with Crippen molar-refractivity contribution in [2.45, 2.75) is 71.1 Å². The van der Waals surface area contributed by atoms with E-state index in [0.29, 0.717) is 6.54 Å². The van der Waals surface area contributed by atoms with Crippen LogP contribution in [0.5, 0.6) is 0 Å². The second kappa shape index (κ2) is 8.69. The molecule has 2 N–H and O–H groups in total. The lowest BCUT2D eigenvalue weighted by Gasteiger charge is -2.34. The van der Waals surface area contributed by atoms with Gasteiger partial charge < -0.3 is 10.2 Å². The van der Waals surface area contributed by atoms with E-state index in [-0.39, 0.29) is 29.6 Å². The molecule has 6 heteroatoms. The third-order valence-electron chi connectivity index (χ3n) is 6.13. The standard InChI is InChI=1S/C20H32N4O2/c1-3-14(4-2)20(26)24-11-7-10-16(13-24)18-17(12-21-23-18)22-19(25)15-8-5-6-9-15/h12,14-16H,3-11,13H2,1-2H3,(H,21,23)(H,22,25)/t16-/m1/s1. The first kappa shape index (κ1) is 18.9. The Kier molecular flexibility index (Phi) is 6.33. The summed E-state index contributed by atoms with van der Waals surface area (Å²) in [4.78, 5) is 27.2. The molecule has 2 fully saturated rings. The monoisotopic (exact) mass is 360 g/mol. The summed E-state index contributed by atoms with van der Waals surface area (Å²) in [5.74, 6) is 0.860. The Morgan fingerprint density at radius 2 is 1.96 bits per heavy atom. The van der Waals surface area contributed by atoms with Gasteiger partial charge in [0.2, 0.25) is 11.8 Å². The van der Waals surface area contributed by atoms with Crippen molar-refractivity contribution in [2.24, 2.45) is 11.8 Å². The number of hydrogen-bond donors (Lipinski definition) is 2. The zero-order chi connectivity index (χ0) is 18.5. The predicted octanol–water partition coefficient (Wildman–Crippen LogP) is 3.68. The van der Waals surface area contributed by atoms with E-state index in [0.717, 1.165) is 69.3 Å². The summed E-state index contributed by atoms with van der Waals surface area (Å²) >= 11 is 0. The highest BCUT2D eigenvalue weighted by Crippen LogP contribution is 2.32. The summed E-state index contributed by atoms with van der Waals surface area (Å²) in [7, 11) is 0. The van der Waals surface area contributed by atoms with Crippen molar-refractivity contribution in [3.05, 3.63) is 11.9 Å². The Morgan fingerprint density at radius 3 is 2.65 bits per heavy atom. The molecule has 1 aliphatic carbocycles. The van der Waals surface area contributed by atoms with Crippen LogP contribution in [0.25, 0.3) is 0 Å². The molecule has 0 unspecified atom stereocenters. The summed E-state index contributed by atoms with van der Waals surface area (Å²) in [5.41, 5.74) is 1.77. The van der Waals surface area contributed by atoms with Gasteiger partial charge in [-0.05, 0) is 38.5 Å². The number of amides is 2. The lowest BCUT2D eigenvalue weighted by molar-refractivity contribution is -0.137. The van der Waals surface area contributed by atoms with Crippen LogP contribution in [-0.4, -0.2) is 40.0 Å². The van der Waals surface area contributed by atoms with Crippen molar-refractivity contribution in [1.82, 2.24) is 15.1 Å². The smallest absolute Gasteiger partial charge is 0.227 e. The van der Waals surface area contributed by atoms with Gasteiger partial charge in [0.05, 0.1) is 17.6 Å². The minimum atomic E-state index is 0.117. The van der Waals surface area contributed by atoms with Gasteiger partial charge in [0, 0.05) is 30.8 Å². The second-order valence-electron chi connectivity index (χ2n) is 7.80. The maximum Gasteiger partial charge on any atom is 0.227 e. The lowest BCUT2D eigenvalue weighted by atomic mass is 9.92. The number of hydrogen-bond acceptors (Lipinski definition) is 3. The normalized spacial score (nSPS) is 21.3. The minimum absolute atomic E-state index is 0.117. The number of aromatic nitrogens is 2. The number of carbonyl (C=O) groups is 2. The maximum atomic E-state index is 12.7. The zero-order valence-corrected chi connectivity index (χ0v) is 16.1. The maximum absolute atomic E-state index is 12.7. The Morgan fingerprint density at radius 1 is 1.23 bits per heavy atom. The van der Waals surface area contributed by atoms with Gasteiger partial charge in [-0.25, -0.2) is 0 Å². The number of H-pyrrole nitrogens is 1. The summed E-state index contributed by atoms with van der Waals surface area (Å²) in [6, 6.07) is 0. The molecule has 0 radical (unpaired) electrons. The van der Waals surface area contributed by atoms with Gasteiger partial charge in [-0.2, -0.15) is 5.10 Å². The Balaban J connectivity index is 1.66. The molecule has 1 atom stereocenters. The van der Waals surface area contributed by atoms with Crippen molar-refractivity contribution < 1.29 is 9.59 Å². The first-order valence-electron chi connectivity index (χ1n) is 10.3. The number of aromatic amines is 1. The molecule has 0 bridgehead atoms. The Labute approximate surface area is 156 Å². The van der Waals surface area contributed by atoms with E-state index in [1.54, 1.807) is 6.20 Å². The van der Waals surface area contributed by atoms with E-state index < -0.39 is 0 Å². The number of likely N-dealkylation sites (tertiary alicyclic amines) is 1. The molecule has 2 heterocycles. The predicted molar refractivity (Wildman–Crippen MR) is 102 cm³/mol. The molecule has 1 saturated heterocycles. The van der Waals surface area contributed by atoms with Crippen LogP contribution in [0.1, 0.15) is 76.8 Å². The fraction of sp³-hybridized carbons (Fsp3) is 0.750. The number of piperidine rings is 1. The number of anilines is 1. The molecule has 0 spiro atoms. The van der Waals surface area contributed by atoms with Crippen LogP contribution >= 0.6 is 0 Å². The van der Waals surface area contributed by atoms with E-state index in [9.17, 15) is 9.59 Å². The highest BCUT2D eigenvalue weighted by atomic mass is 16.2. The van der Waals surface area contributed by atoms with Gasteiger partial charge >= 0.3 is 0 Å². The average Bonchev–Trinajstić information content (AvgIpc) is 3.34. The molecule has 0 aromatic carbocycles. The lowest BCUT2D eigenvalue weighted by Crippen LogP contribution is -2.42. The average molecular weight is 361 g/mol. The molecule has 3 rings (SSSR count). The molecule has 144 valence electrons. The molecule has 1 aromatic heterocycles. The van der Waals surface area contributed by atoms with Gasteiger partial charge in [-0.15, -0.1) is 0 Å². The van der Waals surface area contributed by atoms with E-state index in [2.05, 4.69) is 29.4 Å². The number of rotatable bonds is 6. The third-order valence-corrected chi connectivity index (χ3v) is 6.13. The van der Waals surface area contributed by atoms with Crippen LogP contribution in [0.4, 0.5) is 5.69 Å². The van der Waals surface area contributed by atoms with Gasteiger partial charge in [0.25, 0.3) is 0 Å². The summed E-state index contributed by atoms with van der Waals surface area (Å²) < 4.78 is 0. The SMILES string of the molecule is CCC(CC)C(=O)N1CCC[C@@H](c2[nH]ncc2NC(=O)C2CCCC2)C1. The van der Waals surface area contributed by atoms with Crippen molar-refractivity contribution in [1.29, 1.82) is 0 Å². The molecule has 26 heavy (non-hydrogen) atoms.